The van der Waals surface area contributed by atoms with E-state index in [0.29, 0.717) is 6.61 Å². The summed E-state index contributed by atoms with van der Waals surface area (Å²) in [6, 6.07) is 9.69. The van der Waals surface area contributed by atoms with Crippen LogP contribution in [0.5, 0.6) is 0 Å². The smallest absolute Gasteiger partial charge is 0.378 e. The summed E-state index contributed by atoms with van der Waals surface area (Å²) in [5, 5.41) is 0. The molecular formula is C14H16O4. The lowest BCUT2D eigenvalue weighted by Gasteiger charge is -2.00. The molecule has 96 valence electrons. The summed E-state index contributed by atoms with van der Waals surface area (Å²) >= 11 is 0. The molecule has 18 heavy (non-hydrogen) atoms. The van der Waals surface area contributed by atoms with Crippen LogP contribution in [0.25, 0.3) is 0 Å². The molecule has 0 bridgehead atoms. The van der Waals surface area contributed by atoms with Crippen molar-refractivity contribution in [2.24, 2.45) is 0 Å². The van der Waals surface area contributed by atoms with Crippen LogP contribution in [-0.4, -0.2) is 25.0 Å². The summed E-state index contributed by atoms with van der Waals surface area (Å²) in [6.07, 6.45) is 2.67. The number of carbonyl (C=O) groups is 2. The number of hydrogen-bond donors (Lipinski definition) is 0. The van der Waals surface area contributed by atoms with E-state index in [-0.39, 0.29) is 13.2 Å². The highest BCUT2D eigenvalue weighted by molar-refractivity contribution is 6.38. The SMILES string of the molecule is CCOC(=O)C(=O)/C=C\COCc1ccccc1. The van der Waals surface area contributed by atoms with Crippen LogP contribution in [0.1, 0.15) is 12.5 Å². The normalized spacial score (nSPS) is 10.5. The first-order chi connectivity index (χ1) is 8.74. The fraction of sp³-hybridized carbons (Fsp3) is 0.286. The molecule has 0 fully saturated rings. The first-order valence-corrected chi connectivity index (χ1v) is 5.73. The topological polar surface area (TPSA) is 52.6 Å². The lowest BCUT2D eigenvalue weighted by atomic mass is 10.2. The molecule has 4 nitrogen and oxygen atoms in total. The van der Waals surface area contributed by atoms with E-state index in [2.05, 4.69) is 4.74 Å². The van der Waals surface area contributed by atoms with Crippen LogP contribution < -0.4 is 0 Å². The van der Waals surface area contributed by atoms with Gasteiger partial charge in [-0.05, 0) is 18.6 Å². The summed E-state index contributed by atoms with van der Waals surface area (Å²) in [7, 11) is 0. The molecule has 0 aliphatic rings. The second-order valence-corrected chi connectivity index (χ2v) is 3.49. The molecule has 0 spiro atoms. The van der Waals surface area contributed by atoms with Gasteiger partial charge < -0.3 is 9.47 Å². The molecule has 1 aromatic carbocycles. The van der Waals surface area contributed by atoms with Gasteiger partial charge in [0.1, 0.15) is 0 Å². The van der Waals surface area contributed by atoms with E-state index in [4.69, 9.17) is 4.74 Å². The van der Waals surface area contributed by atoms with E-state index in [1.807, 2.05) is 30.3 Å². The summed E-state index contributed by atoms with van der Waals surface area (Å²) in [5.41, 5.74) is 1.06. The number of ketones is 1. The Kier molecular flexibility index (Phi) is 6.43. The van der Waals surface area contributed by atoms with Crippen molar-refractivity contribution in [3.63, 3.8) is 0 Å². The molecule has 0 N–H and O–H groups in total. The first kappa shape index (κ1) is 14.1. The average molecular weight is 248 g/mol. The standard InChI is InChI=1S/C14H16O4/c1-2-18-14(16)13(15)9-6-10-17-11-12-7-4-3-5-8-12/h3-9H,2,10-11H2,1H3/b9-6-. The van der Waals surface area contributed by atoms with E-state index < -0.39 is 11.8 Å². The maximum Gasteiger partial charge on any atom is 0.378 e. The van der Waals surface area contributed by atoms with Crippen LogP contribution in [0, 0.1) is 0 Å². The zero-order valence-corrected chi connectivity index (χ0v) is 10.3. The van der Waals surface area contributed by atoms with Gasteiger partial charge in [-0.2, -0.15) is 0 Å². The number of rotatable bonds is 7. The predicted molar refractivity (Wildman–Crippen MR) is 66.9 cm³/mol. The van der Waals surface area contributed by atoms with Crippen molar-refractivity contribution in [2.45, 2.75) is 13.5 Å². The second kappa shape index (κ2) is 8.20. The van der Waals surface area contributed by atoms with E-state index >= 15 is 0 Å². The van der Waals surface area contributed by atoms with Crippen molar-refractivity contribution < 1.29 is 19.1 Å². The van der Waals surface area contributed by atoms with Gasteiger partial charge in [-0.1, -0.05) is 36.4 Å². The molecule has 0 heterocycles. The Labute approximate surface area is 106 Å². The van der Waals surface area contributed by atoms with Crippen molar-refractivity contribution in [1.82, 2.24) is 0 Å². The van der Waals surface area contributed by atoms with Gasteiger partial charge in [0.25, 0.3) is 5.78 Å². The molecule has 0 saturated carbocycles. The Hall–Kier alpha value is -1.94. The zero-order chi connectivity index (χ0) is 13.2. The number of carbonyl (C=O) groups excluding carboxylic acids is 2. The third-order valence-corrected chi connectivity index (χ3v) is 2.07. The van der Waals surface area contributed by atoms with Crippen molar-refractivity contribution in [3.8, 4) is 0 Å². The van der Waals surface area contributed by atoms with Crippen LogP contribution in [0.2, 0.25) is 0 Å². The van der Waals surface area contributed by atoms with E-state index in [1.165, 1.54) is 12.2 Å². The highest BCUT2D eigenvalue weighted by atomic mass is 16.5. The molecule has 0 unspecified atom stereocenters. The summed E-state index contributed by atoms with van der Waals surface area (Å²) in [6.45, 7) is 2.60. The maximum absolute atomic E-state index is 11.1. The number of hydrogen-bond acceptors (Lipinski definition) is 4. The van der Waals surface area contributed by atoms with Gasteiger partial charge >= 0.3 is 5.97 Å². The van der Waals surface area contributed by atoms with E-state index in [0.717, 1.165) is 5.56 Å². The summed E-state index contributed by atoms with van der Waals surface area (Å²) < 4.78 is 9.87. The highest BCUT2D eigenvalue weighted by Gasteiger charge is 2.09. The van der Waals surface area contributed by atoms with E-state index in [9.17, 15) is 9.59 Å². The second-order valence-electron chi connectivity index (χ2n) is 3.49. The molecule has 0 aliphatic carbocycles. The van der Waals surface area contributed by atoms with E-state index in [1.54, 1.807) is 6.92 Å². The van der Waals surface area contributed by atoms with Crippen LogP contribution in [-0.2, 0) is 25.7 Å². The van der Waals surface area contributed by atoms with Crippen LogP contribution >= 0.6 is 0 Å². The van der Waals surface area contributed by atoms with Gasteiger partial charge in [-0.25, -0.2) is 4.79 Å². The number of esters is 1. The summed E-state index contributed by atoms with van der Waals surface area (Å²) in [4.78, 5) is 22.1. The summed E-state index contributed by atoms with van der Waals surface area (Å²) in [5.74, 6) is -1.50. The van der Waals surface area contributed by atoms with Crippen molar-refractivity contribution in [3.05, 3.63) is 48.0 Å². The Balaban J connectivity index is 2.21. The zero-order valence-electron chi connectivity index (χ0n) is 10.3. The van der Waals surface area contributed by atoms with Crippen LogP contribution in [0.3, 0.4) is 0 Å². The lowest BCUT2D eigenvalue weighted by Crippen LogP contribution is -2.14. The molecule has 0 saturated heterocycles. The minimum atomic E-state index is -0.836. The maximum atomic E-state index is 11.1. The molecular weight excluding hydrogens is 232 g/mol. The van der Waals surface area contributed by atoms with Gasteiger partial charge in [0, 0.05) is 0 Å². The van der Waals surface area contributed by atoms with Crippen LogP contribution in [0.15, 0.2) is 42.5 Å². The fourth-order valence-corrected chi connectivity index (χ4v) is 1.24. The lowest BCUT2D eigenvalue weighted by molar-refractivity contribution is -0.151. The molecule has 0 amide bonds. The van der Waals surface area contributed by atoms with Gasteiger partial charge in [-0.3, -0.25) is 4.79 Å². The van der Waals surface area contributed by atoms with Crippen LogP contribution in [0.4, 0.5) is 0 Å². The minimum absolute atomic E-state index is 0.197. The van der Waals surface area contributed by atoms with Gasteiger partial charge in [0.05, 0.1) is 19.8 Å². The third-order valence-electron chi connectivity index (χ3n) is 2.07. The largest absolute Gasteiger partial charge is 0.460 e. The van der Waals surface area contributed by atoms with Crippen molar-refractivity contribution in [1.29, 1.82) is 0 Å². The van der Waals surface area contributed by atoms with Crippen molar-refractivity contribution in [2.75, 3.05) is 13.2 Å². The average Bonchev–Trinajstić information content (AvgIpc) is 2.39. The molecule has 0 aliphatic heterocycles. The first-order valence-electron chi connectivity index (χ1n) is 5.73. The minimum Gasteiger partial charge on any atom is -0.460 e. The van der Waals surface area contributed by atoms with Gasteiger partial charge in [0.15, 0.2) is 0 Å². The Morgan fingerprint density at radius 1 is 1.22 bits per heavy atom. The molecule has 0 aromatic heterocycles. The van der Waals surface area contributed by atoms with Crippen molar-refractivity contribution >= 4 is 11.8 Å². The third kappa shape index (κ3) is 5.41. The number of benzene rings is 1. The Morgan fingerprint density at radius 2 is 1.94 bits per heavy atom. The molecule has 1 rings (SSSR count). The van der Waals surface area contributed by atoms with Gasteiger partial charge in [-0.15, -0.1) is 0 Å². The molecule has 0 atom stereocenters. The highest BCUT2D eigenvalue weighted by Crippen LogP contribution is 2.00. The molecule has 1 aromatic rings. The Bertz CT molecular complexity index is 409. The predicted octanol–water partition coefficient (Wildman–Crippen LogP) is 1.89. The number of ether oxygens (including phenoxy) is 2. The van der Waals surface area contributed by atoms with Gasteiger partial charge in [0.2, 0.25) is 0 Å². The molecule has 0 radical (unpaired) electrons. The monoisotopic (exact) mass is 248 g/mol. The molecule has 4 heteroatoms. The Morgan fingerprint density at radius 3 is 2.61 bits per heavy atom. The fourth-order valence-electron chi connectivity index (χ4n) is 1.24. The quantitative estimate of drug-likeness (QED) is 0.320.